The van der Waals surface area contributed by atoms with Crippen molar-refractivity contribution in [1.29, 1.82) is 0 Å². The summed E-state index contributed by atoms with van der Waals surface area (Å²) in [4.78, 5) is 33.5. The molecule has 0 bridgehead atoms. The Balaban J connectivity index is 1.54. The van der Waals surface area contributed by atoms with Crippen molar-refractivity contribution in [1.82, 2.24) is 24.6 Å². The first-order valence-corrected chi connectivity index (χ1v) is 8.47. The number of esters is 1. The van der Waals surface area contributed by atoms with E-state index in [-0.39, 0.29) is 11.9 Å². The van der Waals surface area contributed by atoms with Crippen LogP contribution in [0.4, 0.5) is 0 Å². The highest BCUT2D eigenvalue weighted by atomic mass is 16.5. The van der Waals surface area contributed by atoms with Gasteiger partial charge in [-0.1, -0.05) is 0 Å². The zero-order chi connectivity index (χ0) is 18.1. The van der Waals surface area contributed by atoms with E-state index in [0.29, 0.717) is 31.6 Å². The highest BCUT2D eigenvalue weighted by molar-refractivity contribution is 5.96. The minimum absolute atomic E-state index is 0.0876. The van der Waals surface area contributed by atoms with Gasteiger partial charge < -0.3 is 14.6 Å². The summed E-state index contributed by atoms with van der Waals surface area (Å²) in [5.41, 5.74) is 3.68. The molecule has 0 atom stereocenters. The summed E-state index contributed by atoms with van der Waals surface area (Å²) >= 11 is 0. The van der Waals surface area contributed by atoms with Crippen LogP contribution in [0.25, 0.3) is 10.9 Å². The summed E-state index contributed by atoms with van der Waals surface area (Å²) in [5, 5.41) is 4.99. The van der Waals surface area contributed by atoms with E-state index in [2.05, 4.69) is 15.1 Å². The second-order valence-corrected chi connectivity index (χ2v) is 6.31. The lowest BCUT2D eigenvalue weighted by Gasteiger charge is -2.27. The Bertz CT molecular complexity index is 961. The molecular weight excluding hydrogens is 334 g/mol. The Hall–Kier alpha value is -3.16. The van der Waals surface area contributed by atoms with Crippen LogP contribution in [0.5, 0.6) is 0 Å². The molecule has 1 aliphatic rings. The van der Waals surface area contributed by atoms with Crippen LogP contribution >= 0.6 is 0 Å². The average molecular weight is 353 g/mol. The summed E-state index contributed by atoms with van der Waals surface area (Å²) < 4.78 is 6.46. The van der Waals surface area contributed by atoms with Crippen LogP contribution in [0, 0.1) is 0 Å². The maximum Gasteiger partial charge on any atom is 0.337 e. The molecule has 0 unspecified atom stereocenters. The molecule has 4 rings (SSSR count). The normalized spacial score (nSPS) is 13.7. The molecule has 3 aromatic rings. The number of amides is 1. The minimum atomic E-state index is -0.363. The topological polar surface area (TPSA) is 93.1 Å². The second kappa shape index (κ2) is 6.62. The van der Waals surface area contributed by atoms with Crippen molar-refractivity contribution < 1.29 is 14.3 Å². The summed E-state index contributed by atoms with van der Waals surface area (Å²) in [6.45, 7) is 1.73. The summed E-state index contributed by atoms with van der Waals surface area (Å²) in [6, 6.07) is 5.47. The first-order valence-electron chi connectivity index (χ1n) is 8.47. The summed E-state index contributed by atoms with van der Waals surface area (Å²) in [6.07, 6.45) is 4.22. The molecule has 8 heteroatoms. The van der Waals surface area contributed by atoms with Crippen molar-refractivity contribution in [3.8, 4) is 0 Å². The fraction of sp³-hybridized carbons (Fsp3) is 0.333. The number of rotatable bonds is 4. The smallest absolute Gasteiger partial charge is 0.337 e. The number of carbonyl (C=O) groups excluding carboxylic acids is 2. The molecule has 1 amide bonds. The molecule has 8 nitrogen and oxygen atoms in total. The molecule has 1 aliphatic heterocycles. The van der Waals surface area contributed by atoms with Gasteiger partial charge in [0.25, 0.3) is 0 Å². The molecule has 1 aromatic carbocycles. The van der Waals surface area contributed by atoms with Gasteiger partial charge >= 0.3 is 5.97 Å². The van der Waals surface area contributed by atoms with Crippen molar-refractivity contribution in [3.05, 3.63) is 47.7 Å². The SMILES string of the molecule is COC(=O)c1ccc2[nH]c3c(c2c1)CN(C(=O)CCn1cncn1)CC3. The van der Waals surface area contributed by atoms with E-state index >= 15 is 0 Å². The van der Waals surface area contributed by atoms with Crippen LogP contribution in [0.3, 0.4) is 0 Å². The molecule has 0 saturated heterocycles. The molecule has 0 aliphatic carbocycles. The maximum atomic E-state index is 12.6. The molecular formula is C18H19N5O3. The number of hydrogen-bond donors (Lipinski definition) is 1. The number of nitrogens with zero attached hydrogens (tertiary/aromatic N) is 4. The van der Waals surface area contributed by atoms with Gasteiger partial charge in [-0.15, -0.1) is 0 Å². The highest BCUT2D eigenvalue weighted by Gasteiger charge is 2.24. The number of carbonyl (C=O) groups is 2. The zero-order valence-corrected chi connectivity index (χ0v) is 14.4. The zero-order valence-electron chi connectivity index (χ0n) is 14.4. The van der Waals surface area contributed by atoms with Gasteiger partial charge in [0.05, 0.1) is 19.2 Å². The van der Waals surface area contributed by atoms with Crippen molar-refractivity contribution in [2.45, 2.75) is 25.9 Å². The maximum absolute atomic E-state index is 12.6. The standard InChI is InChI=1S/C18H19N5O3/c1-26-18(25)12-2-3-15-13(8-12)14-9-22(6-4-16(14)21-15)17(24)5-7-23-11-19-10-20-23/h2-3,8,10-11,21H,4-7,9H2,1H3. The third-order valence-electron chi connectivity index (χ3n) is 4.77. The highest BCUT2D eigenvalue weighted by Crippen LogP contribution is 2.29. The number of nitrogens with one attached hydrogen (secondary N) is 1. The quantitative estimate of drug-likeness (QED) is 0.718. The van der Waals surface area contributed by atoms with Crippen molar-refractivity contribution >= 4 is 22.8 Å². The average Bonchev–Trinajstić information content (AvgIpc) is 3.31. The Labute approximate surface area is 149 Å². The fourth-order valence-electron chi connectivity index (χ4n) is 3.39. The molecule has 3 heterocycles. The van der Waals surface area contributed by atoms with Crippen LogP contribution in [-0.4, -0.2) is 50.2 Å². The minimum Gasteiger partial charge on any atom is -0.465 e. The number of fused-ring (bicyclic) bond motifs is 3. The van der Waals surface area contributed by atoms with Gasteiger partial charge in [0.1, 0.15) is 12.7 Å². The van der Waals surface area contributed by atoms with E-state index in [9.17, 15) is 9.59 Å². The molecule has 1 N–H and O–H groups in total. The molecule has 0 radical (unpaired) electrons. The number of H-pyrrole nitrogens is 1. The van der Waals surface area contributed by atoms with Gasteiger partial charge in [0, 0.05) is 48.1 Å². The molecule has 0 fully saturated rings. The van der Waals surface area contributed by atoms with Gasteiger partial charge in [-0.2, -0.15) is 5.10 Å². The molecule has 134 valence electrons. The number of ether oxygens (including phenoxy) is 1. The lowest BCUT2D eigenvalue weighted by molar-refractivity contribution is -0.132. The monoisotopic (exact) mass is 353 g/mol. The van der Waals surface area contributed by atoms with Gasteiger partial charge in [-0.3, -0.25) is 9.48 Å². The van der Waals surface area contributed by atoms with Crippen molar-refractivity contribution in [2.75, 3.05) is 13.7 Å². The Morgan fingerprint density at radius 2 is 2.23 bits per heavy atom. The third kappa shape index (κ3) is 2.94. The Morgan fingerprint density at radius 1 is 1.35 bits per heavy atom. The van der Waals surface area contributed by atoms with Crippen LogP contribution < -0.4 is 0 Å². The van der Waals surface area contributed by atoms with Crippen LogP contribution in [0.1, 0.15) is 28.0 Å². The second-order valence-electron chi connectivity index (χ2n) is 6.31. The third-order valence-corrected chi connectivity index (χ3v) is 4.77. The fourth-order valence-corrected chi connectivity index (χ4v) is 3.39. The lowest BCUT2D eigenvalue weighted by Crippen LogP contribution is -2.36. The number of hydrogen-bond acceptors (Lipinski definition) is 5. The molecule has 0 spiro atoms. The van der Waals surface area contributed by atoms with Crippen LogP contribution in [-0.2, 0) is 29.0 Å². The first kappa shape index (κ1) is 16.3. The van der Waals surface area contributed by atoms with Gasteiger partial charge in [-0.05, 0) is 18.2 Å². The van der Waals surface area contributed by atoms with Gasteiger partial charge in [0.15, 0.2) is 0 Å². The van der Waals surface area contributed by atoms with E-state index in [0.717, 1.165) is 28.6 Å². The Kier molecular flexibility index (Phi) is 4.16. The van der Waals surface area contributed by atoms with Crippen molar-refractivity contribution in [2.24, 2.45) is 0 Å². The van der Waals surface area contributed by atoms with Gasteiger partial charge in [-0.25, -0.2) is 9.78 Å². The molecule has 26 heavy (non-hydrogen) atoms. The number of aromatic nitrogens is 4. The molecule has 0 saturated carbocycles. The Morgan fingerprint density at radius 3 is 3.00 bits per heavy atom. The number of methoxy groups -OCH3 is 1. The predicted octanol–water partition coefficient (Wildman–Crippen LogP) is 1.52. The van der Waals surface area contributed by atoms with E-state index in [1.54, 1.807) is 17.1 Å². The molecule has 2 aromatic heterocycles. The lowest BCUT2D eigenvalue weighted by atomic mass is 10.0. The number of aryl methyl sites for hydroxylation is 1. The van der Waals surface area contributed by atoms with Crippen molar-refractivity contribution in [3.63, 3.8) is 0 Å². The van der Waals surface area contributed by atoms with E-state index in [1.165, 1.54) is 13.4 Å². The van der Waals surface area contributed by atoms with Crippen LogP contribution in [0.15, 0.2) is 30.9 Å². The summed E-state index contributed by atoms with van der Waals surface area (Å²) in [7, 11) is 1.37. The number of aromatic amines is 1. The van der Waals surface area contributed by atoms with E-state index in [1.807, 2.05) is 17.0 Å². The predicted molar refractivity (Wildman–Crippen MR) is 93.4 cm³/mol. The van der Waals surface area contributed by atoms with Crippen LogP contribution in [0.2, 0.25) is 0 Å². The summed E-state index contributed by atoms with van der Waals surface area (Å²) in [5.74, 6) is -0.275. The van der Waals surface area contributed by atoms with E-state index < -0.39 is 0 Å². The van der Waals surface area contributed by atoms with Gasteiger partial charge in [0.2, 0.25) is 5.91 Å². The largest absolute Gasteiger partial charge is 0.465 e. The number of benzene rings is 1. The first-order chi connectivity index (χ1) is 12.7. The van der Waals surface area contributed by atoms with E-state index in [4.69, 9.17) is 4.74 Å².